The van der Waals surface area contributed by atoms with E-state index in [1.165, 1.54) is 25.3 Å². The van der Waals surface area contributed by atoms with Crippen LogP contribution in [0.25, 0.3) is 0 Å². The number of likely N-dealkylation sites (N-methyl/N-ethyl adjacent to an activating group) is 2. The quantitative estimate of drug-likeness (QED) is 0.513. The molecule has 0 aliphatic heterocycles. The van der Waals surface area contributed by atoms with Crippen molar-refractivity contribution in [3.63, 3.8) is 0 Å². The standard InChI is InChI=1S/C15H22N4O5/c1-4-16-14(20)9-18(5-2)10-15(21)17-12-7-6-11(19(22)23)8-13(12)24-3/h6-8H,4-5,9-10H2,1-3H3,(H,16,20)(H,17,21). The van der Waals surface area contributed by atoms with Crippen molar-refractivity contribution in [2.24, 2.45) is 0 Å². The Kier molecular flexibility index (Phi) is 7.63. The number of carbonyl (C=O) groups is 2. The van der Waals surface area contributed by atoms with Gasteiger partial charge in [0, 0.05) is 12.6 Å². The molecule has 1 rings (SSSR count). The van der Waals surface area contributed by atoms with Crippen LogP contribution in [0, 0.1) is 10.1 Å². The van der Waals surface area contributed by atoms with Crippen molar-refractivity contribution in [3.8, 4) is 5.75 Å². The monoisotopic (exact) mass is 338 g/mol. The molecule has 0 atom stereocenters. The van der Waals surface area contributed by atoms with Gasteiger partial charge in [0.2, 0.25) is 11.8 Å². The molecule has 0 unspecified atom stereocenters. The van der Waals surface area contributed by atoms with Crippen LogP contribution in [0.5, 0.6) is 5.75 Å². The second kappa shape index (κ2) is 9.46. The van der Waals surface area contributed by atoms with Crippen LogP contribution in [-0.2, 0) is 9.59 Å². The molecule has 0 radical (unpaired) electrons. The van der Waals surface area contributed by atoms with E-state index in [9.17, 15) is 19.7 Å². The Labute approximate surface area is 140 Å². The molecule has 0 fully saturated rings. The number of hydrogen-bond acceptors (Lipinski definition) is 6. The minimum atomic E-state index is -0.542. The van der Waals surface area contributed by atoms with Crippen LogP contribution in [0.15, 0.2) is 18.2 Å². The summed E-state index contributed by atoms with van der Waals surface area (Å²) in [5.74, 6) is -0.294. The molecule has 1 aromatic rings. The molecule has 0 aliphatic rings. The van der Waals surface area contributed by atoms with Gasteiger partial charge < -0.3 is 15.4 Å². The highest BCUT2D eigenvalue weighted by molar-refractivity contribution is 5.94. The number of carbonyl (C=O) groups excluding carboxylic acids is 2. The lowest BCUT2D eigenvalue weighted by molar-refractivity contribution is -0.384. The number of hydrogen-bond donors (Lipinski definition) is 2. The molecule has 0 saturated carbocycles. The number of nitro groups is 1. The van der Waals surface area contributed by atoms with Crippen LogP contribution >= 0.6 is 0 Å². The zero-order valence-corrected chi connectivity index (χ0v) is 14.0. The number of non-ortho nitro benzene ring substituents is 1. The van der Waals surface area contributed by atoms with E-state index in [-0.39, 0.29) is 36.3 Å². The highest BCUT2D eigenvalue weighted by Crippen LogP contribution is 2.28. The Morgan fingerprint density at radius 2 is 1.92 bits per heavy atom. The maximum atomic E-state index is 12.1. The van der Waals surface area contributed by atoms with Crippen molar-refractivity contribution in [2.75, 3.05) is 38.6 Å². The zero-order valence-electron chi connectivity index (χ0n) is 14.0. The summed E-state index contributed by atoms with van der Waals surface area (Å²) in [6.45, 7) is 4.87. The highest BCUT2D eigenvalue weighted by atomic mass is 16.6. The lowest BCUT2D eigenvalue weighted by atomic mass is 10.2. The third kappa shape index (κ3) is 5.84. The van der Waals surface area contributed by atoms with Crippen LogP contribution in [-0.4, -0.2) is 54.9 Å². The zero-order chi connectivity index (χ0) is 18.1. The van der Waals surface area contributed by atoms with Gasteiger partial charge in [-0.25, -0.2) is 0 Å². The molecule has 2 N–H and O–H groups in total. The van der Waals surface area contributed by atoms with Crippen molar-refractivity contribution in [1.29, 1.82) is 0 Å². The van der Waals surface area contributed by atoms with Crippen molar-refractivity contribution in [1.82, 2.24) is 10.2 Å². The van der Waals surface area contributed by atoms with Crippen molar-refractivity contribution < 1.29 is 19.2 Å². The number of nitro benzene ring substituents is 1. The number of methoxy groups -OCH3 is 1. The first-order valence-corrected chi connectivity index (χ1v) is 7.52. The smallest absolute Gasteiger partial charge is 0.273 e. The van der Waals surface area contributed by atoms with E-state index in [1.807, 2.05) is 13.8 Å². The number of rotatable bonds is 9. The largest absolute Gasteiger partial charge is 0.494 e. The maximum absolute atomic E-state index is 12.1. The number of benzene rings is 1. The molecule has 0 heterocycles. The molecule has 0 spiro atoms. The predicted molar refractivity (Wildman–Crippen MR) is 89.1 cm³/mol. The van der Waals surface area contributed by atoms with Gasteiger partial charge in [-0.2, -0.15) is 0 Å². The average Bonchev–Trinajstić information content (AvgIpc) is 2.54. The van der Waals surface area contributed by atoms with E-state index < -0.39 is 4.92 Å². The SMILES string of the molecule is CCNC(=O)CN(CC)CC(=O)Nc1ccc([N+](=O)[O-])cc1OC. The summed E-state index contributed by atoms with van der Waals surface area (Å²) >= 11 is 0. The van der Waals surface area contributed by atoms with Crippen LogP contribution in [0.1, 0.15) is 13.8 Å². The average molecular weight is 338 g/mol. The minimum absolute atomic E-state index is 0.0216. The predicted octanol–water partition coefficient (Wildman–Crippen LogP) is 1.000. The first-order chi connectivity index (χ1) is 11.4. The Hall–Kier alpha value is -2.68. The van der Waals surface area contributed by atoms with E-state index in [0.717, 1.165) is 0 Å². The number of ether oxygens (including phenoxy) is 1. The van der Waals surface area contributed by atoms with Gasteiger partial charge in [-0.15, -0.1) is 0 Å². The Bertz CT molecular complexity index is 606. The number of nitrogens with zero attached hydrogens (tertiary/aromatic N) is 2. The summed E-state index contributed by atoms with van der Waals surface area (Å²) in [6, 6.07) is 3.93. The second-order valence-corrected chi connectivity index (χ2v) is 4.95. The molecular formula is C15H22N4O5. The van der Waals surface area contributed by atoms with Gasteiger partial charge in [0.25, 0.3) is 5.69 Å². The van der Waals surface area contributed by atoms with Crippen molar-refractivity contribution in [3.05, 3.63) is 28.3 Å². The van der Waals surface area contributed by atoms with Crippen LogP contribution in [0.4, 0.5) is 11.4 Å². The second-order valence-electron chi connectivity index (χ2n) is 4.95. The third-order valence-electron chi connectivity index (χ3n) is 3.23. The summed E-state index contributed by atoms with van der Waals surface area (Å²) in [6.07, 6.45) is 0. The van der Waals surface area contributed by atoms with Gasteiger partial charge >= 0.3 is 0 Å². The molecule has 24 heavy (non-hydrogen) atoms. The first kappa shape index (κ1) is 19.4. The summed E-state index contributed by atoms with van der Waals surface area (Å²) in [5, 5.41) is 16.1. The van der Waals surface area contributed by atoms with Crippen molar-refractivity contribution >= 4 is 23.2 Å². The van der Waals surface area contributed by atoms with Crippen LogP contribution < -0.4 is 15.4 Å². The third-order valence-corrected chi connectivity index (χ3v) is 3.23. The van der Waals surface area contributed by atoms with Crippen molar-refractivity contribution in [2.45, 2.75) is 13.8 Å². The van der Waals surface area contributed by atoms with E-state index in [0.29, 0.717) is 18.8 Å². The fourth-order valence-corrected chi connectivity index (χ4v) is 2.03. The lowest BCUT2D eigenvalue weighted by Crippen LogP contribution is -2.41. The van der Waals surface area contributed by atoms with Crippen LogP contribution in [0.2, 0.25) is 0 Å². The normalized spacial score (nSPS) is 10.3. The number of anilines is 1. The van der Waals surface area contributed by atoms with E-state index in [2.05, 4.69) is 10.6 Å². The van der Waals surface area contributed by atoms with Gasteiger partial charge in [0.05, 0.1) is 36.9 Å². The molecule has 0 bridgehead atoms. The van der Waals surface area contributed by atoms with E-state index in [4.69, 9.17) is 4.74 Å². The summed E-state index contributed by atoms with van der Waals surface area (Å²) in [7, 11) is 1.36. The Balaban J connectivity index is 2.72. The van der Waals surface area contributed by atoms with Gasteiger partial charge in [-0.3, -0.25) is 24.6 Å². The van der Waals surface area contributed by atoms with Gasteiger partial charge in [-0.1, -0.05) is 6.92 Å². The fourth-order valence-electron chi connectivity index (χ4n) is 2.03. The van der Waals surface area contributed by atoms with E-state index >= 15 is 0 Å². The van der Waals surface area contributed by atoms with Gasteiger partial charge in [-0.05, 0) is 19.5 Å². The maximum Gasteiger partial charge on any atom is 0.273 e. The highest BCUT2D eigenvalue weighted by Gasteiger charge is 2.16. The molecular weight excluding hydrogens is 316 g/mol. The molecule has 9 heteroatoms. The number of nitrogens with one attached hydrogen (secondary N) is 2. The molecule has 0 saturated heterocycles. The fraction of sp³-hybridized carbons (Fsp3) is 0.467. The summed E-state index contributed by atoms with van der Waals surface area (Å²) < 4.78 is 5.07. The molecule has 132 valence electrons. The Morgan fingerprint density at radius 1 is 1.25 bits per heavy atom. The van der Waals surface area contributed by atoms with E-state index in [1.54, 1.807) is 4.90 Å². The number of amides is 2. The summed E-state index contributed by atoms with van der Waals surface area (Å²) in [4.78, 5) is 35.6. The van der Waals surface area contributed by atoms with Gasteiger partial charge in [0.1, 0.15) is 5.75 Å². The minimum Gasteiger partial charge on any atom is -0.494 e. The molecule has 0 aliphatic carbocycles. The molecule has 2 amide bonds. The molecule has 0 aromatic heterocycles. The molecule has 1 aromatic carbocycles. The topological polar surface area (TPSA) is 114 Å². The van der Waals surface area contributed by atoms with Crippen LogP contribution in [0.3, 0.4) is 0 Å². The molecule has 9 nitrogen and oxygen atoms in total. The first-order valence-electron chi connectivity index (χ1n) is 7.52. The lowest BCUT2D eigenvalue weighted by Gasteiger charge is -2.19. The van der Waals surface area contributed by atoms with Gasteiger partial charge in [0.15, 0.2) is 0 Å². The Morgan fingerprint density at radius 3 is 2.46 bits per heavy atom. The summed E-state index contributed by atoms with van der Waals surface area (Å²) in [5.41, 5.74) is 0.207.